The predicted molar refractivity (Wildman–Crippen MR) is 74.8 cm³/mol. The maximum atomic E-state index is 13.0. The number of thiazole rings is 1. The highest BCUT2D eigenvalue weighted by Crippen LogP contribution is 2.29. The fourth-order valence-corrected chi connectivity index (χ4v) is 3.08. The lowest BCUT2D eigenvalue weighted by Gasteiger charge is -2.00. The van der Waals surface area contributed by atoms with Crippen LogP contribution in [-0.2, 0) is 11.2 Å². The van der Waals surface area contributed by atoms with Crippen LogP contribution < -0.4 is 0 Å². The predicted octanol–water partition coefficient (Wildman–Crippen LogP) is 3.48. The van der Waals surface area contributed by atoms with Crippen LogP contribution in [0.2, 0.25) is 5.02 Å². The second-order valence-corrected chi connectivity index (χ2v) is 5.44. The molecule has 2 heterocycles. The highest BCUT2D eigenvalue weighted by Gasteiger charge is 2.13. The molecule has 0 atom stereocenters. The van der Waals surface area contributed by atoms with Crippen LogP contribution in [0.3, 0.4) is 0 Å². The van der Waals surface area contributed by atoms with Gasteiger partial charge in [0.25, 0.3) is 0 Å². The van der Waals surface area contributed by atoms with Crippen molar-refractivity contribution in [3.05, 3.63) is 46.3 Å². The van der Waals surface area contributed by atoms with Crippen LogP contribution in [0.1, 0.15) is 5.69 Å². The van der Waals surface area contributed by atoms with Crippen LogP contribution in [0.4, 0.5) is 4.39 Å². The third kappa shape index (κ3) is 2.28. The molecule has 0 saturated heterocycles. The summed E-state index contributed by atoms with van der Waals surface area (Å²) >= 11 is 7.35. The van der Waals surface area contributed by atoms with Crippen LogP contribution >= 0.6 is 22.9 Å². The lowest BCUT2D eigenvalue weighted by atomic mass is 10.2. The van der Waals surface area contributed by atoms with Crippen molar-refractivity contribution in [3.63, 3.8) is 0 Å². The van der Waals surface area contributed by atoms with Gasteiger partial charge in [0.05, 0.1) is 17.1 Å². The first-order valence-corrected chi connectivity index (χ1v) is 6.93. The molecule has 20 heavy (non-hydrogen) atoms. The van der Waals surface area contributed by atoms with Gasteiger partial charge in [0.15, 0.2) is 4.96 Å². The molecule has 0 saturated carbocycles. The van der Waals surface area contributed by atoms with E-state index in [1.807, 2.05) is 0 Å². The molecular formula is C13H8ClFN2O2S. The molecule has 0 spiro atoms. The minimum atomic E-state index is -0.903. The van der Waals surface area contributed by atoms with E-state index in [0.717, 1.165) is 0 Å². The first-order valence-electron chi connectivity index (χ1n) is 5.67. The van der Waals surface area contributed by atoms with Gasteiger partial charge in [-0.15, -0.1) is 11.3 Å². The lowest BCUT2D eigenvalue weighted by molar-refractivity contribution is -0.136. The standard InChI is InChI=1S/C13H8ClFN2O2S/c14-10-3-7(15)1-2-9(10)11-5-17-8(4-12(18)19)6-20-13(17)16-11/h1-3,5-6H,4H2,(H,18,19). The van der Waals surface area contributed by atoms with E-state index in [2.05, 4.69) is 4.98 Å². The summed E-state index contributed by atoms with van der Waals surface area (Å²) in [5.41, 5.74) is 1.85. The number of nitrogens with zero attached hydrogens (tertiary/aromatic N) is 2. The Morgan fingerprint density at radius 3 is 3.00 bits per heavy atom. The van der Waals surface area contributed by atoms with E-state index in [9.17, 15) is 9.18 Å². The van der Waals surface area contributed by atoms with E-state index in [0.29, 0.717) is 21.9 Å². The van der Waals surface area contributed by atoms with E-state index in [1.54, 1.807) is 22.0 Å². The number of carbonyl (C=O) groups is 1. The zero-order chi connectivity index (χ0) is 14.3. The van der Waals surface area contributed by atoms with Gasteiger partial charge in [-0.2, -0.15) is 0 Å². The SMILES string of the molecule is O=C(O)Cc1csc2nc(-c3ccc(F)cc3Cl)cn12. The van der Waals surface area contributed by atoms with Gasteiger partial charge in [-0.25, -0.2) is 9.37 Å². The average molecular weight is 311 g/mol. The maximum absolute atomic E-state index is 13.0. The molecule has 3 aromatic rings. The smallest absolute Gasteiger partial charge is 0.309 e. The highest BCUT2D eigenvalue weighted by molar-refractivity contribution is 7.15. The summed E-state index contributed by atoms with van der Waals surface area (Å²) < 4.78 is 14.8. The molecule has 2 aromatic heterocycles. The van der Waals surface area contributed by atoms with Crippen LogP contribution in [0, 0.1) is 5.82 Å². The molecule has 102 valence electrons. The fraction of sp³-hybridized carbons (Fsp3) is 0.0769. The zero-order valence-corrected chi connectivity index (χ0v) is 11.6. The molecule has 0 aliphatic heterocycles. The number of imidazole rings is 1. The van der Waals surface area contributed by atoms with E-state index in [-0.39, 0.29) is 11.4 Å². The largest absolute Gasteiger partial charge is 0.481 e. The Labute approximate surface area is 122 Å². The van der Waals surface area contributed by atoms with E-state index in [1.165, 1.54) is 23.5 Å². The van der Waals surface area contributed by atoms with Gasteiger partial charge in [-0.1, -0.05) is 11.6 Å². The quantitative estimate of drug-likeness (QED) is 0.805. The summed E-state index contributed by atoms with van der Waals surface area (Å²) in [5.74, 6) is -1.31. The zero-order valence-electron chi connectivity index (χ0n) is 10.0. The summed E-state index contributed by atoms with van der Waals surface area (Å²) in [6.45, 7) is 0. The first-order chi connectivity index (χ1) is 9.54. The fourth-order valence-electron chi connectivity index (χ4n) is 1.94. The van der Waals surface area contributed by atoms with Crippen molar-refractivity contribution < 1.29 is 14.3 Å². The molecule has 0 fully saturated rings. The van der Waals surface area contributed by atoms with Crippen molar-refractivity contribution in [2.75, 3.05) is 0 Å². The molecule has 0 aliphatic rings. The number of benzene rings is 1. The molecule has 0 aliphatic carbocycles. The molecular weight excluding hydrogens is 303 g/mol. The monoisotopic (exact) mass is 310 g/mol. The summed E-state index contributed by atoms with van der Waals surface area (Å²) in [5, 5.41) is 10.9. The molecule has 7 heteroatoms. The number of aliphatic carboxylic acids is 1. The summed E-state index contributed by atoms with van der Waals surface area (Å²) in [6, 6.07) is 4.09. The first kappa shape index (κ1) is 13.1. The maximum Gasteiger partial charge on any atom is 0.309 e. The van der Waals surface area contributed by atoms with Crippen LogP contribution in [0.15, 0.2) is 29.8 Å². The topological polar surface area (TPSA) is 54.6 Å². The molecule has 0 amide bonds. The molecule has 4 nitrogen and oxygen atoms in total. The summed E-state index contributed by atoms with van der Waals surface area (Å²) in [4.78, 5) is 15.8. The molecule has 3 rings (SSSR count). The summed E-state index contributed by atoms with van der Waals surface area (Å²) in [6.07, 6.45) is 1.64. The number of carboxylic acids is 1. The number of hydrogen-bond acceptors (Lipinski definition) is 3. The van der Waals surface area contributed by atoms with E-state index >= 15 is 0 Å². The molecule has 0 bridgehead atoms. The Kier molecular flexibility index (Phi) is 3.19. The van der Waals surface area contributed by atoms with Gasteiger partial charge in [-0.3, -0.25) is 9.20 Å². The number of carboxylic acid groups (broad SMARTS) is 1. The number of halogens is 2. The summed E-state index contributed by atoms with van der Waals surface area (Å²) in [7, 11) is 0. The van der Waals surface area contributed by atoms with Gasteiger partial charge in [0.2, 0.25) is 0 Å². The second kappa shape index (κ2) is 4.88. The van der Waals surface area contributed by atoms with Crippen molar-refractivity contribution in [3.8, 4) is 11.3 Å². The number of hydrogen-bond donors (Lipinski definition) is 1. The van der Waals surface area contributed by atoms with Crippen LogP contribution in [0.5, 0.6) is 0 Å². The average Bonchev–Trinajstić information content (AvgIpc) is 2.91. The highest BCUT2D eigenvalue weighted by atomic mass is 35.5. The van der Waals surface area contributed by atoms with Crippen molar-refractivity contribution >= 4 is 33.9 Å². The minimum Gasteiger partial charge on any atom is -0.481 e. The van der Waals surface area contributed by atoms with E-state index in [4.69, 9.17) is 16.7 Å². The normalized spacial score (nSPS) is 11.1. The Balaban J connectivity index is 2.09. The third-order valence-electron chi connectivity index (χ3n) is 2.82. The van der Waals surface area contributed by atoms with Crippen molar-refractivity contribution in [2.45, 2.75) is 6.42 Å². The van der Waals surface area contributed by atoms with Crippen molar-refractivity contribution in [1.29, 1.82) is 0 Å². The van der Waals surface area contributed by atoms with Gasteiger partial charge in [-0.05, 0) is 18.2 Å². The molecule has 1 N–H and O–H groups in total. The van der Waals surface area contributed by atoms with Crippen LogP contribution in [0.25, 0.3) is 16.2 Å². The number of fused-ring (bicyclic) bond motifs is 1. The Morgan fingerprint density at radius 1 is 1.50 bits per heavy atom. The molecule has 0 unspecified atom stereocenters. The van der Waals surface area contributed by atoms with Gasteiger partial charge in [0.1, 0.15) is 5.82 Å². The van der Waals surface area contributed by atoms with Crippen LogP contribution in [-0.4, -0.2) is 20.5 Å². The number of rotatable bonds is 3. The molecule has 0 radical (unpaired) electrons. The van der Waals surface area contributed by atoms with Crippen molar-refractivity contribution in [2.24, 2.45) is 0 Å². The van der Waals surface area contributed by atoms with Gasteiger partial charge >= 0.3 is 5.97 Å². The third-order valence-corrected chi connectivity index (χ3v) is 4.02. The second-order valence-electron chi connectivity index (χ2n) is 4.20. The van der Waals surface area contributed by atoms with Crippen molar-refractivity contribution in [1.82, 2.24) is 9.38 Å². The Bertz CT molecular complexity index is 812. The van der Waals surface area contributed by atoms with E-state index < -0.39 is 11.8 Å². The lowest BCUT2D eigenvalue weighted by Crippen LogP contribution is -2.02. The molecule has 1 aromatic carbocycles. The minimum absolute atomic E-state index is 0.0764. The van der Waals surface area contributed by atoms with Gasteiger partial charge in [0, 0.05) is 22.8 Å². The van der Waals surface area contributed by atoms with Gasteiger partial charge < -0.3 is 5.11 Å². The Hall–Kier alpha value is -1.92. The number of aromatic nitrogens is 2. The Morgan fingerprint density at radius 2 is 2.30 bits per heavy atom.